The van der Waals surface area contributed by atoms with Crippen molar-refractivity contribution in [3.8, 4) is 5.75 Å². The zero-order valence-corrected chi connectivity index (χ0v) is 12.8. The maximum absolute atomic E-state index is 12.5. The summed E-state index contributed by atoms with van der Waals surface area (Å²) in [5, 5.41) is 15.7. The molecule has 25 heavy (non-hydrogen) atoms. The molecule has 1 aliphatic heterocycles. The highest BCUT2D eigenvalue weighted by molar-refractivity contribution is 6.24. The third-order valence-electron chi connectivity index (χ3n) is 3.77. The summed E-state index contributed by atoms with van der Waals surface area (Å²) in [6, 6.07) is 12.2. The second kappa shape index (κ2) is 6.08. The lowest BCUT2D eigenvalue weighted by Gasteiger charge is -2.34. The molecule has 0 spiro atoms. The van der Waals surface area contributed by atoms with Crippen LogP contribution in [-0.4, -0.2) is 28.9 Å². The molecule has 4 N–H and O–H groups in total. The van der Waals surface area contributed by atoms with Crippen LogP contribution in [0.5, 0.6) is 5.75 Å². The van der Waals surface area contributed by atoms with E-state index in [0.29, 0.717) is 0 Å². The summed E-state index contributed by atoms with van der Waals surface area (Å²) in [7, 11) is 0. The molecule has 5 amide bonds. The van der Waals surface area contributed by atoms with Crippen molar-refractivity contribution >= 4 is 23.8 Å². The van der Waals surface area contributed by atoms with Gasteiger partial charge in [-0.3, -0.25) is 25.0 Å². The molecule has 0 saturated carbocycles. The number of aromatic hydroxyl groups is 1. The van der Waals surface area contributed by atoms with Gasteiger partial charge in [-0.1, -0.05) is 30.3 Å². The van der Waals surface area contributed by atoms with E-state index in [1.807, 2.05) is 10.6 Å². The minimum absolute atomic E-state index is 0.0342. The number of phenolic OH excluding ortho intramolecular Hbond substituents is 1. The molecule has 0 unspecified atom stereocenters. The van der Waals surface area contributed by atoms with Gasteiger partial charge in [0.05, 0.1) is 0 Å². The van der Waals surface area contributed by atoms with Gasteiger partial charge < -0.3 is 10.4 Å². The Hall–Kier alpha value is -3.68. The Morgan fingerprint density at radius 3 is 2.00 bits per heavy atom. The van der Waals surface area contributed by atoms with Crippen LogP contribution in [0.4, 0.5) is 4.79 Å². The fraction of sp³-hybridized carbons (Fsp3) is 0.0588. The van der Waals surface area contributed by atoms with Crippen LogP contribution in [0.25, 0.3) is 0 Å². The maximum Gasteiger partial charge on any atom is 0.328 e. The predicted octanol–water partition coefficient (Wildman–Crippen LogP) is 0.383. The number of nitrogens with one attached hydrogen (secondary N) is 3. The minimum Gasteiger partial charge on any atom is -0.508 e. The molecular weight excluding hydrogens is 326 g/mol. The zero-order valence-electron chi connectivity index (χ0n) is 12.8. The Kier molecular flexibility index (Phi) is 3.94. The summed E-state index contributed by atoms with van der Waals surface area (Å²) in [4.78, 5) is 49.0. The van der Waals surface area contributed by atoms with Gasteiger partial charge in [-0.25, -0.2) is 4.79 Å². The standard InChI is InChI=1S/C17H13N3O5/c21-12-8-6-10(7-9-12)13(22)20-17(11-4-2-1-3-5-11)14(23)18-16(25)19-15(17)24/h1-9,21H,(H,20,22)(H2,18,19,23,24,25). The van der Waals surface area contributed by atoms with Crippen molar-refractivity contribution in [2.45, 2.75) is 5.54 Å². The van der Waals surface area contributed by atoms with Gasteiger partial charge in [0, 0.05) is 5.56 Å². The van der Waals surface area contributed by atoms with Crippen LogP contribution < -0.4 is 16.0 Å². The first kappa shape index (κ1) is 16.2. The third-order valence-corrected chi connectivity index (χ3v) is 3.77. The smallest absolute Gasteiger partial charge is 0.328 e. The number of phenols is 1. The third kappa shape index (κ3) is 2.80. The molecule has 0 bridgehead atoms. The molecule has 126 valence electrons. The highest BCUT2D eigenvalue weighted by Gasteiger charge is 2.53. The molecule has 1 heterocycles. The van der Waals surface area contributed by atoms with E-state index in [2.05, 4.69) is 5.32 Å². The number of urea groups is 1. The van der Waals surface area contributed by atoms with Crippen molar-refractivity contribution in [2.75, 3.05) is 0 Å². The Balaban J connectivity index is 2.05. The Morgan fingerprint density at radius 2 is 1.44 bits per heavy atom. The average Bonchev–Trinajstić information content (AvgIpc) is 2.59. The molecule has 8 heteroatoms. The van der Waals surface area contributed by atoms with Crippen LogP contribution in [-0.2, 0) is 15.1 Å². The summed E-state index contributed by atoms with van der Waals surface area (Å²) in [5.41, 5.74) is -1.76. The second-order valence-electron chi connectivity index (χ2n) is 5.35. The number of rotatable bonds is 3. The molecule has 0 atom stereocenters. The quantitative estimate of drug-likeness (QED) is 0.602. The molecule has 0 radical (unpaired) electrons. The molecular formula is C17H13N3O5. The number of hydrogen-bond acceptors (Lipinski definition) is 5. The minimum atomic E-state index is -2.09. The van der Waals surface area contributed by atoms with E-state index in [1.165, 1.54) is 36.4 Å². The van der Waals surface area contributed by atoms with Gasteiger partial charge in [-0.2, -0.15) is 0 Å². The van der Waals surface area contributed by atoms with Crippen LogP contribution in [0.3, 0.4) is 0 Å². The van der Waals surface area contributed by atoms with E-state index in [9.17, 15) is 24.3 Å². The van der Waals surface area contributed by atoms with Crippen molar-refractivity contribution in [2.24, 2.45) is 0 Å². The van der Waals surface area contributed by atoms with Crippen LogP contribution in [0, 0.1) is 0 Å². The van der Waals surface area contributed by atoms with E-state index < -0.39 is 29.3 Å². The first-order valence-electron chi connectivity index (χ1n) is 7.27. The van der Waals surface area contributed by atoms with E-state index in [1.54, 1.807) is 18.2 Å². The summed E-state index contributed by atoms with van der Waals surface area (Å²) in [6.45, 7) is 0. The fourth-order valence-electron chi connectivity index (χ4n) is 2.52. The van der Waals surface area contributed by atoms with Gasteiger partial charge in [0.1, 0.15) is 5.75 Å². The lowest BCUT2D eigenvalue weighted by Crippen LogP contribution is -2.71. The molecule has 8 nitrogen and oxygen atoms in total. The van der Waals surface area contributed by atoms with Gasteiger partial charge >= 0.3 is 6.03 Å². The van der Waals surface area contributed by atoms with Gasteiger partial charge in [-0.05, 0) is 29.8 Å². The maximum atomic E-state index is 12.5. The highest BCUT2D eigenvalue weighted by atomic mass is 16.3. The molecule has 1 aliphatic rings. The van der Waals surface area contributed by atoms with Gasteiger partial charge in [0.2, 0.25) is 5.54 Å². The number of carbonyl (C=O) groups is 4. The molecule has 2 aromatic rings. The average molecular weight is 339 g/mol. The first-order valence-corrected chi connectivity index (χ1v) is 7.27. The Bertz CT molecular complexity index is 842. The van der Waals surface area contributed by atoms with Crippen molar-refractivity contribution in [3.63, 3.8) is 0 Å². The van der Waals surface area contributed by atoms with E-state index >= 15 is 0 Å². The zero-order chi connectivity index (χ0) is 18.0. The monoisotopic (exact) mass is 339 g/mol. The highest BCUT2D eigenvalue weighted by Crippen LogP contribution is 2.25. The number of barbiturate groups is 1. The van der Waals surface area contributed by atoms with Crippen molar-refractivity contribution in [3.05, 3.63) is 65.7 Å². The molecule has 1 fully saturated rings. The van der Waals surface area contributed by atoms with Crippen LogP contribution in [0.1, 0.15) is 15.9 Å². The lowest BCUT2D eigenvalue weighted by atomic mass is 9.86. The van der Waals surface area contributed by atoms with Crippen LogP contribution in [0.2, 0.25) is 0 Å². The van der Waals surface area contributed by atoms with Crippen LogP contribution in [0.15, 0.2) is 54.6 Å². The molecule has 0 aromatic heterocycles. The molecule has 1 saturated heterocycles. The Morgan fingerprint density at radius 1 is 0.880 bits per heavy atom. The summed E-state index contributed by atoms with van der Waals surface area (Å²) < 4.78 is 0. The fourth-order valence-corrected chi connectivity index (χ4v) is 2.52. The SMILES string of the molecule is O=C1NC(=O)C(NC(=O)c2ccc(O)cc2)(c2ccccc2)C(=O)N1. The first-order chi connectivity index (χ1) is 11.9. The van der Waals surface area contributed by atoms with E-state index in [0.717, 1.165) is 0 Å². The van der Waals surface area contributed by atoms with E-state index in [4.69, 9.17) is 0 Å². The number of carbonyl (C=O) groups excluding carboxylic acids is 4. The Labute approximate surface area is 141 Å². The predicted molar refractivity (Wildman–Crippen MR) is 85.4 cm³/mol. The van der Waals surface area contributed by atoms with Crippen molar-refractivity contribution in [1.82, 2.24) is 16.0 Å². The second-order valence-corrected chi connectivity index (χ2v) is 5.35. The number of hydrogen-bond donors (Lipinski definition) is 4. The number of imide groups is 2. The van der Waals surface area contributed by atoms with Gasteiger partial charge in [0.15, 0.2) is 0 Å². The van der Waals surface area contributed by atoms with Crippen molar-refractivity contribution in [1.29, 1.82) is 0 Å². The van der Waals surface area contributed by atoms with Gasteiger partial charge in [-0.15, -0.1) is 0 Å². The van der Waals surface area contributed by atoms with Gasteiger partial charge in [0.25, 0.3) is 17.7 Å². The van der Waals surface area contributed by atoms with Crippen molar-refractivity contribution < 1.29 is 24.3 Å². The summed E-state index contributed by atoms with van der Waals surface area (Å²) in [5.74, 6) is -2.67. The largest absolute Gasteiger partial charge is 0.508 e. The topological polar surface area (TPSA) is 125 Å². The summed E-state index contributed by atoms with van der Waals surface area (Å²) in [6.07, 6.45) is 0. The summed E-state index contributed by atoms with van der Waals surface area (Å²) >= 11 is 0. The number of benzene rings is 2. The molecule has 3 rings (SSSR count). The lowest BCUT2D eigenvalue weighted by molar-refractivity contribution is -0.139. The number of amides is 5. The van der Waals surface area contributed by atoms with E-state index in [-0.39, 0.29) is 16.9 Å². The van der Waals surface area contributed by atoms with Crippen LogP contribution >= 0.6 is 0 Å². The molecule has 0 aliphatic carbocycles. The molecule has 2 aromatic carbocycles. The normalized spacial score (nSPS) is 15.9.